The number of amides is 2. The first-order valence-corrected chi connectivity index (χ1v) is 7.64. The fraction of sp³-hybridized carbons (Fsp3) is 0.250. The zero-order valence-corrected chi connectivity index (χ0v) is 12.7. The van der Waals surface area contributed by atoms with Crippen LogP contribution in [0.1, 0.15) is 23.4 Å². The molecule has 24 heavy (non-hydrogen) atoms. The zero-order chi connectivity index (χ0) is 16.7. The summed E-state index contributed by atoms with van der Waals surface area (Å²) in [5, 5.41) is 0.807. The average Bonchev–Trinajstić information content (AvgIpc) is 3.31. The van der Waals surface area contributed by atoms with Crippen molar-refractivity contribution < 1.29 is 14.0 Å². The third-order valence-electron chi connectivity index (χ3n) is 4.25. The Morgan fingerprint density at radius 1 is 1.29 bits per heavy atom. The molecule has 4 heterocycles. The molecule has 1 fully saturated rings. The van der Waals surface area contributed by atoms with Gasteiger partial charge in [0.1, 0.15) is 23.7 Å². The molecule has 0 aliphatic carbocycles. The summed E-state index contributed by atoms with van der Waals surface area (Å²) in [5.74, 6) is -0.181. The van der Waals surface area contributed by atoms with E-state index in [1.165, 1.54) is 11.2 Å². The van der Waals surface area contributed by atoms with Gasteiger partial charge in [-0.25, -0.2) is 9.97 Å². The van der Waals surface area contributed by atoms with Crippen molar-refractivity contribution in [3.63, 3.8) is 0 Å². The number of furan rings is 1. The van der Waals surface area contributed by atoms with Crippen molar-refractivity contribution in [2.45, 2.75) is 18.9 Å². The predicted octanol–water partition coefficient (Wildman–Crippen LogP) is 1.31. The Labute approximate surface area is 136 Å². The number of hydrogen-bond acceptors (Lipinski definition) is 5. The van der Waals surface area contributed by atoms with Gasteiger partial charge in [-0.1, -0.05) is 0 Å². The molecule has 0 radical (unpaired) electrons. The van der Waals surface area contributed by atoms with Crippen LogP contribution in [-0.4, -0.2) is 44.3 Å². The zero-order valence-electron chi connectivity index (χ0n) is 12.7. The minimum Gasteiger partial charge on any atom is -0.449 e. The Morgan fingerprint density at radius 3 is 3.00 bits per heavy atom. The van der Waals surface area contributed by atoms with E-state index >= 15 is 0 Å². The second-order valence-corrected chi connectivity index (χ2v) is 5.69. The van der Waals surface area contributed by atoms with Crippen molar-refractivity contribution >= 4 is 22.8 Å². The van der Waals surface area contributed by atoms with Gasteiger partial charge in [0.2, 0.25) is 5.91 Å². The normalized spacial score (nSPS) is 17.5. The molecule has 8 heteroatoms. The van der Waals surface area contributed by atoms with E-state index in [-0.39, 0.29) is 11.7 Å². The lowest BCUT2D eigenvalue weighted by molar-refractivity contribution is -0.121. The maximum atomic E-state index is 12.6. The lowest BCUT2D eigenvalue weighted by Gasteiger charge is -2.20. The fourth-order valence-electron chi connectivity index (χ4n) is 3.10. The van der Waals surface area contributed by atoms with Gasteiger partial charge in [0, 0.05) is 18.1 Å². The SMILES string of the molecule is NC(=O)C1CCCN1C(=O)c1ccc(-c2ncnc3[nH]ccc23)o1. The Hall–Kier alpha value is -3.16. The number of carbonyl (C=O) groups is 2. The maximum absolute atomic E-state index is 12.6. The van der Waals surface area contributed by atoms with Gasteiger partial charge in [0.25, 0.3) is 5.91 Å². The van der Waals surface area contributed by atoms with E-state index in [9.17, 15) is 9.59 Å². The molecule has 8 nitrogen and oxygen atoms in total. The molecule has 0 bridgehead atoms. The molecule has 1 atom stereocenters. The maximum Gasteiger partial charge on any atom is 0.290 e. The van der Waals surface area contributed by atoms with Crippen LogP contribution in [0.2, 0.25) is 0 Å². The molecule has 0 spiro atoms. The number of nitrogens with zero attached hydrogens (tertiary/aromatic N) is 3. The van der Waals surface area contributed by atoms with Crippen LogP contribution in [0.25, 0.3) is 22.5 Å². The predicted molar refractivity (Wildman–Crippen MR) is 84.8 cm³/mol. The number of fused-ring (bicyclic) bond motifs is 1. The number of H-pyrrole nitrogens is 1. The molecule has 1 unspecified atom stereocenters. The minimum atomic E-state index is -0.568. The summed E-state index contributed by atoms with van der Waals surface area (Å²) in [4.78, 5) is 36.9. The molecular formula is C16H15N5O3. The molecule has 1 aliphatic heterocycles. The summed E-state index contributed by atoms with van der Waals surface area (Å²) in [6.07, 6.45) is 4.54. The van der Waals surface area contributed by atoms with E-state index in [0.717, 1.165) is 11.8 Å². The topological polar surface area (TPSA) is 118 Å². The van der Waals surface area contributed by atoms with E-state index in [0.29, 0.717) is 30.1 Å². The van der Waals surface area contributed by atoms with Crippen molar-refractivity contribution in [1.82, 2.24) is 19.9 Å². The largest absolute Gasteiger partial charge is 0.449 e. The Morgan fingerprint density at radius 2 is 2.17 bits per heavy atom. The summed E-state index contributed by atoms with van der Waals surface area (Å²) >= 11 is 0. The van der Waals surface area contributed by atoms with Gasteiger partial charge >= 0.3 is 0 Å². The van der Waals surface area contributed by atoms with Crippen molar-refractivity contribution in [2.24, 2.45) is 5.73 Å². The highest BCUT2D eigenvalue weighted by molar-refractivity contribution is 5.96. The van der Waals surface area contributed by atoms with Crippen LogP contribution < -0.4 is 5.73 Å². The van der Waals surface area contributed by atoms with E-state index in [2.05, 4.69) is 15.0 Å². The number of likely N-dealkylation sites (tertiary alicyclic amines) is 1. The first-order chi connectivity index (χ1) is 11.6. The third kappa shape index (κ3) is 2.23. The second-order valence-electron chi connectivity index (χ2n) is 5.69. The number of aromatic nitrogens is 3. The van der Waals surface area contributed by atoms with Gasteiger partial charge in [0.05, 0.1) is 0 Å². The van der Waals surface area contributed by atoms with Crippen LogP contribution in [0, 0.1) is 0 Å². The summed E-state index contributed by atoms with van der Waals surface area (Å²) in [6, 6.07) is 4.56. The fourth-order valence-corrected chi connectivity index (χ4v) is 3.10. The van der Waals surface area contributed by atoms with Gasteiger partial charge in [-0.3, -0.25) is 9.59 Å². The molecule has 3 N–H and O–H groups in total. The third-order valence-corrected chi connectivity index (χ3v) is 4.25. The summed E-state index contributed by atoms with van der Waals surface area (Å²) in [7, 11) is 0. The molecule has 4 rings (SSSR count). The average molecular weight is 325 g/mol. The molecule has 3 aromatic heterocycles. The first-order valence-electron chi connectivity index (χ1n) is 7.64. The van der Waals surface area contributed by atoms with Crippen LogP contribution in [0.4, 0.5) is 0 Å². The van der Waals surface area contributed by atoms with Crippen molar-refractivity contribution in [3.05, 3.63) is 36.5 Å². The van der Waals surface area contributed by atoms with E-state index < -0.39 is 11.9 Å². The van der Waals surface area contributed by atoms with Crippen LogP contribution in [-0.2, 0) is 4.79 Å². The quantitative estimate of drug-likeness (QED) is 0.752. The number of nitrogens with one attached hydrogen (secondary N) is 1. The Kier molecular flexibility index (Phi) is 3.30. The summed E-state index contributed by atoms with van der Waals surface area (Å²) < 4.78 is 5.70. The first kappa shape index (κ1) is 14.4. The van der Waals surface area contributed by atoms with Gasteiger partial charge in [-0.2, -0.15) is 0 Å². The van der Waals surface area contributed by atoms with E-state index in [1.54, 1.807) is 18.3 Å². The number of rotatable bonds is 3. The number of hydrogen-bond donors (Lipinski definition) is 2. The standard InChI is InChI=1S/C16H15N5O3/c17-14(22)10-2-1-7-21(10)16(23)12-4-3-11(24-12)13-9-5-6-18-15(9)20-8-19-13/h3-6,8,10H,1-2,7H2,(H2,17,22)(H,18,19,20). The van der Waals surface area contributed by atoms with Crippen molar-refractivity contribution in [1.29, 1.82) is 0 Å². The highest BCUT2D eigenvalue weighted by atomic mass is 16.4. The van der Waals surface area contributed by atoms with Gasteiger partial charge in [0.15, 0.2) is 11.5 Å². The molecule has 2 amide bonds. The molecule has 0 saturated carbocycles. The minimum absolute atomic E-state index is 0.167. The molecule has 122 valence electrons. The van der Waals surface area contributed by atoms with Crippen molar-refractivity contribution in [2.75, 3.05) is 6.54 Å². The molecule has 1 aliphatic rings. The van der Waals surface area contributed by atoms with Crippen LogP contribution in [0.5, 0.6) is 0 Å². The van der Waals surface area contributed by atoms with Crippen LogP contribution in [0.15, 0.2) is 35.1 Å². The number of carbonyl (C=O) groups excluding carboxylic acids is 2. The van der Waals surface area contributed by atoms with Crippen molar-refractivity contribution in [3.8, 4) is 11.5 Å². The van der Waals surface area contributed by atoms with Gasteiger partial charge in [-0.05, 0) is 31.0 Å². The molecule has 1 saturated heterocycles. The number of nitrogens with two attached hydrogens (primary N) is 1. The molecular weight excluding hydrogens is 310 g/mol. The smallest absolute Gasteiger partial charge is 0.290 e. The highest BCUT2D eigenvalue weighted by Crippen LogP contribution is 2.28. The Balaban J connectivity index is 1.67. The number of aromatic amines is 1. The molecule has 0 aromatic carbocycles. The summed E-state index contributed by atoms with van der Waals surface area (Å²) in [5.41, 5.74) is 6.66. The Bertz CT molecular complexity index is 929. The molecule has 3 aromatic rings. The van der Waals surface area contributed by atoms with Crippen LogP contribution in [0.3, 0.4) is 0 Å². The second kappa shape index (κ2) is 5.48. The highest BCUT2D eigenvalue weighted by Gasteiger charge is 2.34. The number of primary amides is 1. The van der Waals surface area contributed by atoms with Crippen LogP contribution >= 0.6 is 0 Å². The van der Waals surface area contributed by atoms with E-state index in [4.69, 9.17) is 10.2 Å². The lowest BCUT2D eigenvalue weighted by atomic mass is 10.2. The van der Waals surface area contributed by atoms with Gasteiger partial charge < -0.3 is 20.0 Å². The monoisotopic (exact) mass is 325 g/mol. The van der Waals surface area contributed by atoms with Gasteiger partial charge in [-0.15, -0.1) is 0 Å². The summed E-state index contributed by atoms with van der Waals surface area (Å²) in [6.45, 7) is 0.498. The van der Waals surface area contributed by atoms with E-state index in [1.807, 2.05) is 6.07 Å². The lowest BCUT2D eigenvalue weighted by Crippen LogP contribution is -2.43.